The highest BCUT2D eigenvalue weighted by Crippen LogP contribution is 2.23. The summed E-state index contributed by atoms with van der Waals surface area (Å²) in [7, 11) is 0. The zero-order valence-corrected chi connectivity index (χ0v) is 16.6. The van der Waals surface area contributed by atoms with Gasteiger partial charge >= 0.3 is 0 Å². The van der Waals surface area contributed by atoms with Crippen molar-refractivity contribution < 1.29 is 9.59 Å². The Morgan fingerprint density at radius 3 is 2.42 bits per heavy atom. The first-order valence-corrected chi connectivity index (χ1v) is 9.02. The van der Waals surface area contributed by atoms with Crippen molar-refractivity contribution in [2.24, 2.45) is 11.1 Å². The van der Waals surface area contributed by atoms with Gasteiger partial charge in [0.2, 0.25) is 11.8 Å². The molecule has 0 fully saturated rings. The van der Waals surface area contributed by atoms with E-state index < -0.39 is 11.5 Å². The maximum atomic E-state index is 12.1. The molecule has 1 rings (SSSR count). The van der Waals surface area contributed by atoms with Gasteiger partial charge in [0.1, 0.15) is 0 Å². The molecule has 2 amide bonds. The average Bonchev–Trinajstić information content (AvgIpc) is 2.47. The van der Waals surface area contributed by atoms with Crippen molar-refractivity contribution >= 4 is 47.4 Å². The zero-order chi connectivity index (χ0) is 17.6. The Bertz CT molecular complexity index is 573. The van der Waals surface area contributed by atoms with Crippen molar-refractivity contribution in [1.29, 1.82) is 0 Å². The third kappa shape index (κ3) is 7.11. The lowest BCUT2D eigenvalue weighted by Gasteiger charge is -2.19. The predicted octanol–water partition coefficient (Wildman–Crippen LogP) is 3.42. The van der Waals surface area contributed by atoms with Crippen LogP contribution in [0.5, 0.6) is 0 Å². The Kier molecular flexibility index (Phi) is 9.40. The van der Waals surface area contributed by atoms with Crippen molar-refractivity contribution in [2.45, 2.75) is 40.2 Å². The Labute approximate surface area is 154 Å². The summed E-state index contributed by atoms with van der Waals surface area (Å²) in [6.07, 6.45) is 2.61. The molecule has 0 aliphatic rings. The maximum Gasteiger partial charge on any atom is 0.241 e. The summed E-state index contributed by atoms with van der Waals surface area (Å²) in [6, 6.07) is 4.90. The predicted molar refractivity (Wildman–Crippen MR) is 106 cm³/mol. The van der Waals surface area contributed by atoms with Gasteiger partial charge in [0.25, 0.3) is 0 Å². The quantitative estimate of drug-likeness (QED) is 0.713. The Balaban J connectivity index is 0.00000529. The van der Waals surface area contributed by atoms with Crippen molar-refractivity contribution in [3.8, 4) is 0 Å². The van der Waals surface area contributed by atoms with Crippen LogP contribution in [0, 0.1) is 12.3 Å². The van der Waals surface area contributed by atoms with Crippen LogP contribution in [-0.4, -0.2) is 29.9 Å². The first-order chi connectivity index (χ1) is 10.6. The molecule has 1 atom stereocenters. The average molecular weight is 374 g/mol. The molecule has 0 aromatic heterocycles. The SMILES string of the molecule is CSCC[C@H](N)C(=O)Nc1ccc(C)c(NC(=O)C(C)(C)C)c1.Cl. The van der Waals surface area contributed by atoms with E-state index in [1.165, 1.54) is 0 Å². The molecule has 136 valence electrons. The monoisotopic (exact) mass is 373 g/mol. The second kappa shape index (κ2) is 9.91. The van der Waals surface area contributed by atoms with Gasteiger partial charge in [-0.1, -0.05) is 26.8 Å². The summed E-state index contributed by atoms with van der Waals surface area (Å²) < 4.78 is 0. The van der Waals surface area contributed by atoms with Gasteiger partial charge in [-0.2, -0.15) is 11.8 Å². The minimum Gasteiger partial charge on any atom is -0.325 e. The number of benzene rings is 1. The van der Waals surface area contributed by atoms with E-state index in [0.29, 0.717) is 17.8 Å². The van der Waals surface area contributed by atoms with Crippen LogP contribution in [0.1, 0.15) is 32.8 Å². The van der Waals surface area contributed by atoms with Gasteiger partial charge in [0, 0.05) is 16.8 Å². The van der Waals surface area contributed by atoms with Gasteiger partial charge in [0.05, 0.1) is 6.04 Å². The number of hydrogen-bond donors (Lipinski definition) is 3. The summed E-state index contributed by atoms with van der Waals surface area (Å²) in [5, 5.41) is 5.71. The summed E-state index contributed by atoms with van der Waals surface area (Å²) >= 11 is 1.66. The number of hydrogen-bond acceptors (Lipinski definition) is 4. The first-order valence-electron chi connectivity index (χ1n) is 7.62. The minimum atomic E-state index is -0.531. The van der Waals surface area contributed by atoms with E-state index in [9.17, 15) is 9.59 Å². The Hall–Kier alpha value is -1.24. The van der Waals surface area contributed by atoms with Crippen molar-refractivity contribution in [1.82, 2.24) is 0 Å². The van der Waals surface area contributed by atoms with Gasteiger partial charge in [-0.25, -0.2) is 0 Å². The number of nitrogens with one attached hydrogen (secondary N) is 2. The fraction of sp³-hybridized carbons (Fsp3) is 0.529. The van der Waals surface area contributed by atoms with Crippen LogP contribution in [0.15, 0.2) is 18.2 Å². The topological polar surface area (TPSA) is 84.2 Å². The molecule has 0 saturated heterocycles. The van der Waals surface area contributed by atoms with Crippen LogP contribution >= 0.6 is 24.2 Å². The molecule has 5 nitrogen and oxygen atoms in total. The fourth-order valence-corrected chi connectivity index (χ4v) is 2.24. The second-order valence-electron chi connectivity index (χ2n) is 6.61. The number of aryl methyl sites for hydroxylation is 1. The molecule has 0 spiro atoms. The standard InChI is InChI=1S/C17H27N3O2S.ClH/c1-11-6-7-12(19-15(21)13(18)8-9-23-5)10-14(11)20-16(22)17(2,3)4;/h6-7,10,13H,8-9,18H2,1-5H3,(H,19,21)(H,20,22);1H/t13-;/m0./s1. The van der Waals surface area contributed by atoms with Gasteiger partial charge < -0.3 is 16.4 Å². The molecular weight excluding hydrogens is 346 g/mol. The highest BCUT2D eigenvalue weighted by molar-refractivity contribution is 7.98. The van der Waals surface area contributed by atoms with Crippen molar-refractivity contribution in [2.75, 3.05) is 22.6 Å². The maximum absolute atomic E-state index is 12.1. The number of amides is 2. The Morgan fingerprint density at radius 1 is 1.25 bits per heavy atom. The first kappa shape index (κ1) is 22.8. The lowest BCUT2D eigenvalue weighted by Crippen LogP contribution is -2.36. The lowest BCUT2D eigenvalue weighted by molar-refractivity contribution is -0.123. The summed E-state index contributed by atoms with van der Waals surface area (Å²) in [4.78, 5) is 24.2. The molecule has 4 N–H and O–H groups in total. The van der Waals surface area contributed by atoms with E-state index >= 15 is 0 Å². The lowest BCUT2D eigenvalue weighted by atomic mass is 9.95. The van der Waals surface area contributed by atoms with Crippen LogP contribution in [0.3, 0.4) is 0 Å². The molecule has 0 aliphatic heterocycles. The summed E-state index contributed by atoms with van der Waals surface area (Å²) in [5.41, 5.74) is 7.64. The number of halogens is 1. The van der Waals surface area contributed by atoms with Gasteiger partial charge in [-0.3, -0.25) is 9.59 Å². The van der Waals surface area contributed by atoms with Crippen LogP contribution in [0.4, 0.5) is 11.4 Å². The molecule has 0 saturated carbocycles. The van der Waals surface area contributed by atoms with E-state index in [2.05, 4.69) is 10.6 Å². The van der Waals surface area contributed by atoms with Crippen molar-refractivity contribution in [3.63, 3.8) is 0 Å². The Morgan fingerprint density at radius 2 is 1.88 bits per heavy atom. The molecule has 0 bridgehead atoms. The van der Waals surface area contributed by atoms with Crippen molar-refractivity contribution in [3.05, 3.63) is 23.8 Å². The molecule has 0 aliphatic carbocycles. The summed E-state index contributed by atoms with van der Waals surface area (Å²) in [6.45, 7) is 7.48. The number of carbonyl (C=O) groups excluding carboxylic acids is 2. The molecule has 24 heavy (non-hydrogen) atoms. The van der Waals surface area contributed by atoms with E-state index in [-0.39, 0.29) is 24.2 Å². The van der Waals surface area contributed by atoms with E-state index in [4.69, 9.17) is 5.73 Å². The van der Waals surface area contributed by atoms with Gasteiger partial charge in [-0.15, -0.1) is 12.4 Å². The third-order valence-electron chi connectivity index (χ3n) is 3.40. The molecule has 7 heteroatoms. The number of carbonyl (C=O) groups is 2. The number of thioether (sulfide) groups is 1. The number of rotatable bonds is 6. The molecule has 0 heterocycles. The van der Waals surface area contributed by atoms with Crippen LogP contribution in [-0.2, 0) is 9.59 Å². The van der Waals surface area contributed by atoms with Crippen LogP contribution in [0.2, 0.25) is 0 Å². The summed E-state index contributed by atoms with van der Waals surface area (Å²) in [5.74, 6) is 0.562. The molecule has 1 aromatic rings. The van der Waals surface area contributed by atoms with E-state index in [1.807, 2.05) is 40.0 Å². The highest BCUT2D eigenvalue weighted by Gasteiger charge is 2.22. The largest absolute Gasteiger partial charge is 0.325 e. The smallest absolute Gasteiger partial charge is 0.241 e. The van der Waals surface area contributed by atoms with Gasteiger partial charge in [0.15, 0.2) is 0 Å². The fourth-order valence-electron chi connectivity index (χ4n) is 1.76. The normalized spacial score (nSPS) is 12.1. The van der Waals surface area contributed by atoms with Crippen LogP contribution < -0.4 is 16.4 Å². The van der Waals surface area contributed by atoms with Gasteiger partial charge in [-0.05, 0) is 43.0 Å². The van der Waals surface area contributed by atoms with E-state index in [0.717, 1.165) is 11.3 Å². The number of nitrogens with two attached hydrogens (primary N) is 1. The molecule has 1 aromatic carbocycles. The van der Waals surface area contributed by atoms with Crippen LogP contribution in [0.25, 0.3) is 0 Å². The zero-order valence-electron chi connectivity index (χ0n) is 14.9. The molecular formula is C17H28ClN3O2S. The second-order valence-corrected chi connectivity index (χ2v) is 7.60. The van der Waals surface area contributed by atoms with E-state index in [1.54, 1.807) is 23.9 Å². The number of anilines is 2. The highest BCUT2D eigenvalue weighted by atomic mass is 35.5. The minimum absolute atomic E-state index is 0. The third-order valence-corrected chi connectivity index (χ3v) is 4.05. The molecule has 0 radical (unpaired) electrons. The molecule has 0 unspecified atom stereocenters.